The van der Waals surface area contributed by atoms with Crippen LogP contribution in [0.1, 0.15) is 44.9 Å². The van der Waals surface area contributed by atoms with Crippen LogP contribution in [0, 0.1) is 0 Å². The first-order chi connectivity index (χ1) is 11.0. The average molecular weight is 336 g/mol. The van der Waals surface area contributed by atoms with Crippen molar-refractivity contribution in [3.05, 3.63) is 0 Å². The maximum Gasteiger partial charge on any atom is 0.303 e. The Morgan fingerprint density at radius 3 is 2.13 bits per heavy atom. The van der Waals surface area contributed by atoms with Gasteiger partial charge in [0.1, 0.15) is 24.4 Å². The van der Waals surface area contributed by atoms with Crippen LogP contribution in [0.25, 0.3) is 0 Å². The SMILES string of the molecule is O=C(O)CCCCCCCCO[C@@H]1O[C@H](CO)[C@@H](O)[C@H](O)[C@@H]1O. The number of hydrogen-bond donors (Lipinski definition) is 5. The number of hydrogen-bond acceptors (Lipinski definition) is 7. The normalized spacial score (nSPS) is 31.2. The molecule has 1 heterocycles. The van der Waals surface area contributed by atoms with Crippen molar-refractivity contribution in [3.8, 4) is 0 Å². The molecule has 1 aliphatic rings. The summed E-state index contributed by atoms with van der Waals surface area (Å²) in [4.78, 5) is 10.3. The van der Waals surface area contributed by atoms with Crippen LogP contribution in [0.15, 0.2) is 0 Å². The third kappa shape index (κ3) is 7.11. The average Bonchev–Trinajstić information content (AvgIpc) is 2.52. The number of unbranched alkanes of at least 4 members (excludes halogenated alkanes) is 5. The van der Waals surface area contributed by atoms with E-state index in [0.717, 1.165) is 32.1 Å². The molecule has 1 saturated heterocycles. The summed E-state index contributed by atoms with van der Waals surface area (Å²) in [5, 5.41) is 46.6. The number of rotatable bonds is 11. The molecule has 0 radical (unpaired) electrons. The van der Waals surface area contributed by atoms with Crippen molar-refractivity contribution < 1.29 is 39.8 Å². The Labute approximate surface area is 135 Å². The predicted molar refractivity (Wildman–Crippen MR) is 79.7 cm³/mol. The Morgan fingerprint density at radius 2 is 1.52 bits per heavy atom. The van der Waals surface area contributed by atoms with Gasteiger partial charge in [-0.2, -0.15) is 0 Å². The van der Waals surface area contributed by atoms with Crippen LogP contribution in [-0.4, -0.2) is 75.4 Å². The quantitative estimate of drug-likeness (QED) is 0.322. The Bertz CT molecular complexity index is 335. The minimum atomic E-state index is -1.42. The van der Waals surface area contributed by atoms with E-state index in [0.29, 0.717) is 13.0 Å². The number of carboxylic acids is 1. The zero-order valence-corrected chi connectivity index (χ0v) is 13.2. The van der Waals surface area contributed by atoms with Crippen molar-refractivity contribution in [3.63, 3.8) is 0 Å². The van der Waals surface area contributed by atoms with Crippen LogP contribution in [0.4, 0.5) is 0 Å². The lowest BCUT2D eigenvalue weighted by molar-refractivity contribution is -0.301. The number of ether oxygens (including phenoxy) is 2. The molecule has 0 aromatic rings. The lowest BCUT2D eigenvalue weighted by Gasteiger charge is -2.39. The second kappa shape index (κ2) is 10.9. The zero-order chi connectivity index (χ0) is 17.2. The molecule has 0 unspecified atom stereocenters. The molecule has 23 heavy (non-hydrogen) atoms. The molecule has 1 rings (SSSR count). The van der Waals surface area contributed by atoms with Gasteiger partial charge >= 0.3 is 5.97 Å². The van der Waals surface area contributed by atoms with E-state index in [1.54, 1.807) is 0 Å². The van der Waals surface area contributed by atoms with Crippen LogP contribution in [-0.2, 0) is 14.3 Å². The van der Waals surface area contributed by atoms with E-state index in [1.807, 2.05) is 0 Å². The summed E-state index contributed by atoms with van der Waals surface area (Å²) in [5.74, 6) is -0.766. The minimum absolute atomic E-state index is 0.209. The second-order valence-electron chi connectivity index (χ2n) is 5.83. The van der Waals surface area contributed by atoms with Gasteiger partial charge in [0.05, 0.1) is 6.61 Å². The van der Waals surface area contributed by atoms with Crippen LogP contribution in [0.5, 0.6) is 0 Å². The van der Waals surface area contributed by atoms with Crippen molar-refractivity contribution in [2.24, 2.45) is 0 Å². The highest BCUT2D eigenvalue weighted by Crippen LogP contribution is 2.22. The van der Waals surface area contributed by atoms with Crippen molar-refractivity contribution in [1.82, 2.24) is 0 Å². The van der Waals surface area contributed by atoms with Crippen molar-refractivity contribution >= 4 is 5.97 Å². The Morgan fingerprint density at radius 1 is 0.913 bits per heavy atom. The van der Waals surface area contributed by atoms with Crippen LogP contribution >= 0.6 is 0 Å². The molecule has 0 aromatic heterocycles. The topological polar surface area (TPSA) is 137 Å². The molecule has 1 aliphatic heterocycles. The predicted octanol–water partition coefficient (Wildman–Crippen LogP) is -0.382. The summed E-state index contributed by atoms with van der Waals surface area (Å²) in [7, 11) is 0. The number of aliphatic hydroxyl groups is 4. The largest absolute Gasteiger partial charge is 0.481 e. The molecule has 1 fully saturated rings. The van der Waals surface area contributed by atoms with E-state index in [4.69, 9.17) is 19.7 Å². The van der Waals surface area contributed by atoms with E-state index >= 15 is 0 Å². The van der Waals surface area contributed by atoms with Gasteiger partial charge in [-0.05, 0) is 12.8 Å². The molecular weight excluding hydrogens is 308 g/mol. The van der Waals surface area contributed by atoms with Gasteiger partial charge in [-0.15, -0.1) is 0 Å². The molecule has 0 aliphatic carbocycles. The van der Waals surface area contributed by atoms with E-state index in [1.165, 1.54) is 0 Å². The van der Waals surface area contributed by atoms with E-state index in [9.17, 15) is 20.1 Å². The zero-order valence-electron chi connectivity index (χ0n) is 13.2. The fraction of sp³-hybridized carbons (Fsp3) is 0.933. The number of aliphatic hydroxyl groups excluding tert-OH is 4. The first kappa shape index (κ1) is 20.3. The first-order valence-corrected chi connectivity index (χ1v) is 8.11. The smallest absolute Gasteiger partial charge is 0.303 e. The van der Waals surface area contributed by atoms with Gasteiger partial charge in [0.25, 0.3) is 0 Å². The van der Waals surface area contributed by atoms with Gasteiger partial charge in [-0.25, -0.2) is 0 Å². The number of carboxylic acid groups (broad SMARTS) is 1. The Balaban J connectivity index is 2.09. The molecular formula is C15H28O8. The Kier molecular flexibility index (Phi) is 9.61. The highest BCUT2D eigenvalue weighted by Gasteiger charge is 2.43. The van der Waals surface area contributed by atoms with Gasteiger partial charge in [-0.3, -0.25) is 4.79 Å². The fourth-order valence-electron chi connectivity index (χ4n) is 2.49. The maximum atomic E-state index is 10.3. The van der Waals surface area contributed by atoms with Gasteiger partial charge in [0.2, 0.25) is 0 Å². The molecule has 5 atom stereocenters. The fourth-order valence-corrected chi connectivity index (χ4v) is 2.49. The summed E-state index contributed by atoms with van der Waals surface area (Å²) in [6.07, 6.45) is -0.793. The summed E-state index contributed by atoms with van der Waals surface area (Å²) in [5.41, 5.74) is 0. The molecule has 0 bridgehead atoms. The van der Waals surface area contributed by atoms with Crippen molar-refractivity contribution in [1.29, 1.82) is 0 Å². The first-order valence-electron chi connectivity index (χ1n) is 8.11. The molecule has 8 heteroatoms. The molecule has 5 N–H and O–H groups in total. The lowest BCUT2D eigenvalue weighted by Crippen LogP contribution is -2.59. The van der Waals surface area contributed by atoms with Crippen LogP contribution in [0.2, 0.25) is 0 Å². The monoisotopic (exact) mass is 336 g/mol. The number of aliphatic carboxylic acids is 1. The molecule has 0 spiro atoms. The molecule has 0 aromatic carbocycles. The van der Waals surface area contributed by atoms with Crippen LogP contribution in [0.3, 0.4) is 0 Å². The van der Waals surface area contributed by atoms with Crippen LogP contribution < -0.4 is 0 Å². The molecule has 0 saturated carbocycles. The lowest BCUT2D eigenvalue weighted by atomic mass is 9.99. The van der Waals surface area contributed by atoms with Gasteiger partial charge in [-0.1, -0.05) is 25.7 Å². The van der Waals surface area contributed by atoms with Gasteiger partial charge < -0.3 is 35.0 Å². The number of carbonyl (C=O) groups is 1. The highest BCUT2D eigenvalue weighted by molar-refractivity contribution is 5.66. The van der Waals surface area contributed by atoms with E-state index in [2.05, 4.69) is 0 Å². The summed E-state index contributed by atoms with van der Waals surface area (Å²) < 4.78 is 10.6. The van der Waals surface area contributed by atoms with Crippen molar-refractivity contribution in [2.45, 2.75) is 75.7 Å². The minimum Gasteiger partial charge on any atom is -0.481 e. The summed E-state index contributed by atoms with van der Waals surface area (Å²) >= 11 is 0. The molecule has 136 valence electrons. The highest BCUT2D eigenvalue weighted by atomic mass is 16.7. The van der Waals surface area contributed by atoms with E-state index < -0.39 is 43.3 Å². The second-order valence-corrected chi connectivity index (χ2v) is 5.83. The molecule has 0 amide bonds. The summed E-state index contributed by atoms with van der Waals surface area (Å²) in [6.45, 7) is -0.140. The molecule has 8 nitrogen and oxygen atoms in total. The third-order valence-electron chi connectivity index (χ3n) is 3.92. The maximum absolute atomic E-state index is 10.3. The van der Waals surface area contributed by atoms with E-state index in [-0.39, 0.29) is 6.42 Å². The Hall–Kier alpha value is -0.770. The third-order valence-corrected chi connectivity index (χ3v) is 3.92. The standard InChI is InChI=1S/C15H28O8/c16-9-10-12(19)13(20)14(21)15(23-10)22-8-6-4-2-1-3-5-7-11(17)18/h10,12-16,19-21H,1-9H2,(H,17,18)/t10-,12-,13+,14+,15-/m1/s1. The summed E-state index contributed by atoms with van der Waals surface area (Å²) in [6, 6.07) is 0. The van der Waals surface area contributed by atoms with Crippen molar-refractivity contribution in [2.75, 3.05) is 13.2 Å². The van der Waals surface area contributed by atoms with Gasteiger partial charge in [0, 0.05) is 13.0 Å². The van der Waals surface area contributed by atoms with Gasteiger partial charge in [0.15, 0.2) is 6.29 Å².